The van der Waals surface area contributed by atoms with Crippen LogP contribution in [-0.4, -0.2) is 64.7 Å². The second-order valence-electron chi connectivity index (χ2n) is 9.50. The SMILES string of the molecule is Cc1cccc(C)c1C(C(=O)NC(C)C)N(CCO)C(=O)C(CC(N)=O)NC(=O)OC(C)(C)C. The Morgan fingerprint density at radius 1 is 1.09 bits per heavy atom. The average molecular weight is 479 g/mol. The molecule has 1 rings (SSSR count). The summed E-state index contributed by atoms with van der Waals surface area (Å²) in [6.45, 7) is 11.5. The number of hydrogen-bond acceptors (Lipinski definition) is 6. The van der Waals surface area contributed by atoms with Crippen molar-refractivity contribution in [1.29, 1.82) is 0 Å². The zero-order valence-electron chi connectivity index (χ0n) is 21.1. The lowest BCUT2D eigenvalue weighted by atomic mass is 9.93. The summed E-state index contributed by atoms with van der Waals surface area (Å²) in [5.41, 5.74) is 6.63. The van der Waals surface area contributed by atoms with E-state index in [9.17, 15) is 24.3 Å². The third-order valence-corrected chi connectivity index (χ3v) is 4.82. The summed E-state index contributed by atoms with van der Waals surface area (Å²) in [6, 6.07) is 2.76. The maximum absolute atomic E-state index is 13.7. The van der Waals surface area contributed by atoms with Gasteiger partial charge in [0, 0.05) is 12.6 Å². The molecule has 0 aliphatic rings. The smallest absolute Gasteiger partial charge is 0.408 e. The van der Waals surface area contributed by atoms with Crippen molar-refractivity contribution in [3.63, 3.8) is 0 Å². The highest BCUT2D eigenvalue weighted by atomic mass is 16.6. The number of benzene rings is 1. The van der Waals surface area contributed by atoms with Crippen LogP contribution in [0.4, 0.5) is 4.79 Å². The fourth-order valence-electron chi connectivity index (χ4n) is 3.58. The first kappa shape index (κ1) is 28.9. The molecule has 0 saturated carbocycles. The van der Waals surface area contributed by atoms with Crippen molar-refractivity contribution in [2.75, 3.05) is 13.2 Å². The molecule has 10 nitrogen and oxygen atoms in total. The standard InChI is InChI=1S/C24H38N4O6/c1-14(2)26-21(31)20(19-15(3)9-8-10-16(19)4)28(11-12-29)22(32)17(13-18(25)30)27-23(33)34-24(5,6)7/h8-10,14,17,20,29H,11-13H2,1-7H3,(H2,25,30)(H,26,31)(H,27,33). The number of nitrogens with two attached hydrogens (primary N) is 1. The van der Waals surface area contributed by atoms with Gasteiger partial charge in [0.05, 0.1) is 13.0 Å². The Kier molecular flexibility index (Phi) is 10.5. The third kappa shape index (κ3) is 8.66. The molecular weight excluding hydrogens is 440 g/mol. The Morgan fingerprint density at radius 2 is 1.65 bits per heavy atom. The first-order chi connectivity index (χ1) is 15.7. The summed E-state index contributed by atoms with van der Waals surface area (Å²) in [6.07, 6.45) is -1.42. The van der Waals surface area contributed by atoms with E-state index in [1.807, 2.05) is 32.0 Å². The lowest BCUT2D eigenvalue weighted by molar-refractivity contribution is -0.144. The molecule has 0 aromatic heterocycles. The molecule has 1 aromatic rings. The number of nitrogens with zero attached hydrogens (tertiary/aromatic N) is 1. The van der Waals surface area contributed by atoms with Crippen molar-refractivity contribution < 1.29 is 29.0 Å². The van der Waals surface area contributed by atoms with E-state index in [4.69, 9.17) is 10.5 Å². The van der Waals surface area contributed by atoms with E-state index in [2.05, 4.69) is 10.6 Å². The van der Waals surface area contributed by atoms with Gasteiger partial charge < -0.3 is 31.1 Å². The largest absolute Gasteiger partial charge is 0.444 e. The zero-order chi connectivity index (χ0) is 26.2. The summed E-state index contributed by atoms with van der Waals surface area (Å²) in [7, 11) is 0. The topological polar surface area (TPSA) is 151 Å². The zero-order valence-corrected chi connectivity index (χ0v) is 21.1. The quantitative estimate of drug-likeness (QED) is 0.400. The number of alkyl carbamates (subject to hydrolysis) is 1. The van der Waals surface area contributed by atoms with Gasteiger partial charge >= 0.3 is 6.09 Å². The first-order valence-electron chi connectivity index (χ1n) is 11.2. The van der Waals surface area contributed by atoms with Crippen LogP contribution in [0.1, 0.15) is 63.8 Å². The summed E-state index contributed by atoms with van der Waals surface area (Å²) in [4.78, 5) is 52.3. The number of rotatable bonds is 10. The number of aliphatic hydroxyl groups is 1. The summed E-state index contributed by atoms with van der Waals surface area (Å²) < 4.78 is 5.22. The van der Waals surface area contributed by atoms with Crippen LogP contribution in [0.5, 0.6) is 0 Å². The van der Waals surface area contributed by atoms with Crippen molar-refractivity contribution in [2.45, 2.75) is 78.6 Å². The van der Waals surface area contributed by atoms with Crippen molar-refractivity contribution in [2.24, 2.45) is 5.73 Å². The molecular formula is C24H38N4O6. The predicted molar refractivity (Wildman–Crippen MR) is 128 cm³/mol. The lowest BCUT2D eigenvalue weighted by Crippen LogP contribution is -2.55. The van der Waals surface area contributed by atoms with Crippen LogP contribution >= 0.6 is 0 Å². The minimum Gasteiger partial charge on any atom is -0.444 e. The molecule has 2 atom stereocenters. The molecule has 0 saturated heterocycles. The fraction of sp³-hybridized carbons (Fsp3) is 0.583. The van der Waals surface area contributed by atoms with Crippen LogP contribution in [0.2, 0.25) is 0 Å². The molecule has 0 bridgehead atoms. The molecule has 5 N–H and O–H groups in total. The average Bonchev–Trinajstić information content (AvgIpc) is 2.66. The molecule has 4 amide bonds. The number of aliphatic hydroxyl groups excluding tert-OH is 1. The van der Waals surface area contributed by atoms with Gasteiger partial charge in [0.25, 0.3) is 0 Å². The van der Waals surface area contributed by atoms with Crippen molar-refractivity contribution in [3.05, 3.63) is 34.9 Å². The van der Waals surface area contributed by atoms with Gasteiger partial charge in [0.2, 0.25) is 17.7 Å². The number of ether oxygens (including phenoxy) is 1. The molecule has 0 fully saturated rings. The maximum atomic E-state index is 13.7. The van der Waals surface area contributed by atoms with E-state index in [1.165, 1.54) is 0 Å². The highest BCUT2D eigenvalue weighted by Gasteiger charge is 2.38. The van der Waals surface area contributed by atoms with Crippen molar-refractivity contribution in [1.82, 2.24) is 15.5 Å². The Hall–Kier alpha value is -3.14. The van der Waals surface area contributed by atoms with Crippen molar-refractivity contribution in [3.8, 4) is 0 Å². The normalized spacial score (nSPS) is 13.1. The Morgan fingerprint density at radius 3 is 2.09 bits per heavy atom. The second-order valence-corrected chi connectivity index (χ2v) is 9.50. The number of amides is 4. The van der Waals surface area contributed by atoms with E-state index in [0.29, 0.717) is 5.56 Å². The van der Waals surface area contributed by atoms with Gasteiger partial charge in [-0.15, -0.1) is 0 Å². The van der Waals surface area contributed by atoms with Gasteiger partial charge in [-0.05, 0) is 65.2 Å². The second kappa shape index (κ2) is 12.4. The van der Waals surface area contributed by atoms with E-state index in [1.54, 1.807) is 34.6 Å². The number of aryl methyl sites for hydroxylation is 2. The molecule has 10 heteroatoms. The van der Waals surface area contributed by atoms with E-state index in [0.717, 1.165) is 16.0 Å². The van der Waals surface area contributed by atoms with Gasteiger partial charge in [-0.1, -0.05) is 18.2 Å². The van der Waals surface area contributed by atoms with Crippen molar-refractivity contribution >= 4 is 23.8 Å². The van der Waals surface area contributed by atoms with Crippen LogP contribution in [0, 0.1) is 13.8 Å². The van der Waals surface area contributed by atoms with Gasteiger partial charge in [0.1, 0.15) is 17.7 Å². The molecule has 2 unspecified atom stereocenters. The number of primary amides is 1. The predicted octanol–water partition coefficient (Wildman–Crippen LogP) is 1.46. The Labute approximate surface area is 201 Å². The number of carbonyl (C=O) groups excluding carboxylic acids is 4. The van der Waals surface area contributed by atoms with E-state index < -0.39 is 54.5 Å². The summed E-state index contributed by atoms with van der Waals surface area (Å²) in [5.74, 6) is -2.02. The fourth-order valence-corrected chi connectivity index (χ4v) is 3.58. The van der Waals surface area contributed by atoms with E-state index in [-0.39, 0.29) is 12.6 Å². The Balaban J connectivity index is 3.53. The highest BCUT2D eigenvalue weighted by molar-refractivity contribution is 5.94. The number of hydrogen-bond donors (Lipinski definition) is 4. The van der Waals surface area contributed by atoms with Crippen LogP contribution in [0.3, 0.4) is 0 Å². The van der Waals surface area contributed by atoms with Gasteiger partial charge in [-0.3, -0.25) is 14.4 Å². The van der Waals surface area contributed by atoms with Crippen LogP contribution in [-0.2, 0) is 19.1 Å². The summed E-state index contributed by atoms with van der Waals surface area (Å²) in [5, 5.41) is 15.0. The summed E-state index contributed by atoms with van der Waals surface area (Å²) >= 11 is 0. The van der Waals surface area contributed by atoms with E-state index >= 15 is 0 Å². The molecule has 0 heterocycles. The first-order valence-corrected chi connectivity index (χ1v) is 11.2. The molecule has 0 spiro atoms. The molecule has 0 aliphatic heterocycles. The van der Waals surface area contributed by atoms with Gasteiger partial charge in [-0.25, -0.2) is 4.79 Å². The molecule has 1 aromatic carbocycles. The monoisotopic (exact) mass is 478 g/mol. The minimum absolute atomic E-state index is 0.214. The van der Waals surface area contributed by atoms with Crippen LogP contribution < -0.4 is 16.4 Å². The molecule has 34 heavy (non-hydrogen) atoms. The number of carbonyl (C=O) groups is 4. The maximum Gasteiger partial charge on any atom is 0.408 e. The van der Waals surface area contributed by atoms with Crippen LogP contribution in [0.25, 0.3) is 0 Å². The lowest BCUT2D eigenvalue weighted by Gasteiger charge is -2.35. The van der Waals surface area contributed by atoms with Gasteiger partial charge in [0.15, 0.2) is 0 Å². The third-order valence-electron chi connectivity index (χ3n) is 4.82. The molecule has 0 aliphatic carbocycles. The highest BCUT2D eigenvalue weighted by Crippen LogP contribution is 2.28. The van der Waals surface area contributed by atoms with Gasteiger partial charge in [-0.2, -0.15) is 0 Å². The van der Waals surface area contributed by atoms with Crippen LogP contribution in [0.15, 0.2) is 18.2 Å². The molecule has 0 radical (unpaired) electrons. The molecule has 190 valence electrons. The minimum atomic E-state index is -1.39. The Bertz CT molecular complexity index is 874. The number of nitrogens with one attached hydrogen (secondary N) is 2.